The molecule has 0 aromatic heterocycles. The highest BCUT2D eigenvalue weighted by Gasteiger charge is 2.22. The van der Waals surface area contributed by atoms with Crippen molar-refractivity contribution < 1.29 is 19.1 Å². The molecular formula is C23H28N2O4. The first-order valence-corrected chi connectivity index (χ1v) is 10.1. The van der Waals surface area contributed by atoms with Crippen molar-refractivity contribution in [2.75, 3.05) is 18.5 Å². The minimum Gasteiger partial charge on any atom is -0.481 e. The van der Waals surface area contributed by atoms with Crippen LogP contribution in [0, 0.1) is 6.92 Å². The second-order valence-corrected chi connectivity index (χ2v) is 7.21. The lowest BCUT2D eigenvalue weighted by Crippen LogP contribution is -2.35. The fraction of sp³-hybridized carbons (Fsp3) is 0.391. The number of anilines is 1. The van der Waals surface area contributed by atoms with Crippen LogP contribution in [-0.4, -0.2) is 37.2 Å². The number of hydrogen-bond acceptors (Lipinski definition) is 4. The molecule has 0 radical (unpaired) electrons. The topological polar surface area (TPSA) is 76.7 Å². The lowest BCUT2D eigenvalue weighted by atomic mass is 10.1. The summed E-state index contributed by atoms with van der Waals surface area (Å²) in [5.41, 5.74) is 2.01. The zero-order valence-corrected chi connectivity index (χ0v) is 16.9. The first kappa shape index (κ1) is 20.9. The highest BCUT2D eigenvalue weighted by atomic mass is 16.5. The lowest BCUT2D eigenvalue weighted by molar-refractivity contribution is -0.122. The van der Waals surface area contributed by atoms with E-state index in [1.165, 1.54) is 0 Å². The standard InChI is InChI=1S/C23H28N2O4/c1-3-21(29-17-12-10-16(2)11-13-17)23(27)25-20-9-5-4-8-19(20)22(26)24-15-18-7-6-14-28-18/h4-5,8-13,18,21H,3,6-7,14-15H2,1-2H3,(H,24,26)(H,25,27)/t18-,21+/m0/s1. The molecule has 0 saturated carbocycles. The number of aryl methyl sites for hydroxylation is 1. The Hall–Kier alpha value is -2.86. The van der Waals surface area contributed by atoms with Gasteiger partial charge >= 0.3 is 0 Å². The van der Waals surface area contributed by atoms with Crippen LogP contribution in [0.5, 0.6) is 5.75 Å². The summed E-state index contributed by atoms with van der Waals surface area (Å²) in [4.78, 5) is 25.4. The Bertz CT molecular complexity index is 829. The number of ether oxygens (including phenoxy) is 2. The van der Waals surface area contributed by atoms with Crippen LogP contribution >= 0.6 is 0 Å². The van der Waals surface area contributed by atoms with Gasteiger partial charge in [-0.25, -0.2) is 0 Å². The van der Waals surface area contributed by atoms with Crippen LogP contribution in [0.25, 0.3) is 0 Å². The highest BCUT2D eigenvalue weighted by Crippen LogP contribution is 2.19. The first-order chi connectivity index (χ1) is 14.1. The number of para-hydroxylation sites is 1. The molecular weight excluding hydrogens is 368 g/mol. The van der Waals surface area contributed by atoms with Gasteiger partial charge in [0.1, 0.15) is 5.75 Å². The Balaban J connectivity index is 1.64. The Kier molecular flexibility index (Phi) is 7.25. The molecule has 2 atom stereocenters. The van der Waals surface area contributed by atoms with Crippen molar-refractivity contribution >= 4 is 17.5 Å². The molecule has 3 rings (SSSR count). The zero-order valence-electron chi connectivity index (χ0n) is 16.9. The van der Waals surface area contributed by atoms with Crippen LogP contribution in [0.1, 0.15) is 42.1 Å². The predicted molar refractivity (Wildman–Crippen MR) is 112 cm³/mol. The summed E-state index contributed by atoms with van der Waals surface area (Å²) in [5.74, 6) is 0.122. The number of carbonyl (C=O) groups is 2. The van der Waals surface area contributed by atoms with Gasteiger partial charge in [0.05, 0.1) is 17.4 Å². The Morgan fingerprint density at radius 3 is 2.62 bits per heavy atom. The van der Waals surface area contributed by atoms with Crippen LogP contribution in [0.3, 0.4) is 0 Å². The van der Waals surface area contributed by atoms with E-state index in [4.69, 9.17) is 9.47 Å². The average Bonchev–Trinajstić information content (AvgIpc) is 3.25. The second kappa shape index (κ2) is 10.1. The van der Waals surface area contributed by atoms with E-state index < -0.39 is 6.10 Å². The molecule has 2 aromatic carbocycles. The van der Waals surface area contributed by atoms with Crippen LogP contribution in [0.2, 0.25) is 0 Å². The van der Waals surface area contributed by atoms with E-state index in [0.717, 1.165) is 25.0 Å². The molecule has 0 spiro atoms. The highest BCUT2D eigenvalue weighted by molar-refractivity contribution is 6.04. The molecule has 1 heterocycles. The first-order valence-electron chi connectivity index (χ1n) is 10.1. The molecule has 0 aliphatic carbocycles. The van der Waals surface area contributed by atoms with Crippen LogP contribution in [0.4, 0.5) is 5.69 Å². The summed E-state index contributed by atoms with van der Waals surface area (Å²) in [5, 5.41) is 5.74. The molecule has 1 aliphatic rings. The van der Waals surface area contributed by atoms with Gasteiger partial charge in [-0.3, -0.25) is 9.59 Å². The van der Waals surface area contributed by atoms with Gasteiger partial charge in [-0.15, -0.1) is 0 Å². The van der Waals surface area contributed by atoms with E-state index in [0.29, 0.717) is 30.0 Å². The van der Waals surface area contributed by atoms with Crippen LogP contribution in [0.15, 0.2) is 48.5 Å². The summed E-state index contributed by atoms with van der Waals surface area (Å²) in [7, 11) is 0. The Labute approximate surface area is 171 Å². The van der Waals surface area contributed by atoms with Crippen molar-refractivity contribution in [2.24, 2.45) is 0 Å². The fourth-order valence-corrected chi connectivity index (χ4v) is 3.21. The van der Waals surface area contributed by atoms with Gasteiger partial charge in [0.25, 0.3) is 11.8 Å². The van der Waals surface area contributed by atoms with Gasteiger partial charge in [-0.05, 0) is 50.5 Å². The van der Waals surface area contributed by atoms with Crippen molar-refractivity contribution in [3.63, 3.8) is 0 Å². The molecule has 1 saturated heterocycles. The molecule has 0 bridgehead atoms. The van der Waals surface area contributed by atoms with Crippen LogP contribution < -0.4 is 15.4 Å². The minimum absolute atomic E-state index is 0.0630. The molecule has 2 N–H and O–H groups in total. The maximum atomic E-state index is 12.8. The molecule has 6 nitrogen and oxygen atoms in total. The number of amides is 2. The summed E-state index contributed by atoms with van der Waals surface area (Å²) in [6.07, 6.45) is 1.89. The summed E-state index contributed by atoms with van der Waals surface area (Å²) in [6.45, 7) is 5.09. The molecule has 2 amide bonds. The quantitative estimate of drug-likeness (QED) is 0.713. The smallest absolute Gasteiger partial charge is 0.265 e. The molecule has 154 valence electrons. The molecule has 1 aliphatic heterocycles. The Morgan fingerprint density at radius 2 is 1.93 bits per heavy atom. The van der Waals surface area contributed by atoms with Gasteiger partial charge in [0, 0.05) is 13.2 Å². The van der Waals surface area contributed by atoms with Crippen LogP contribution in [-0.2, 0) is 9.53 Å². The number of hydrogen-bond donors (Lipinski definition) is 2. The molecule has 2 aromatic rings. The third kappa shape index (κ3) is 5.81. The second-order valence-electron chi connectivity index (χ2n) is 7.21. The van der Waals surface area contributed by atoms with E-state index in [1.54, 1.807) is 24.3 Å². The third-order valence-corrected chi connectivity index (χ3v) is 4.91. The molecule has 6 heteroatoms. The minimum atomic E-state index is -0.652. The molecule has 0 unspecified atom stereocenters. The predicted octanol–water partition coefficient (Wildman–Crippen LogP) is 3.70. The summed E-state index contributed by atoms with van der Waals surface area (Å²) < 4.78 is 11.4. The molecule has 1 fully saturated rings. The fourth-order valence-electron chi connectivity index (χ4n) is 3.21. The normalized spacial score (nSPS) is 16.8. The third-order valence-electron chi connectivity index (χ3n) is 4.91. The van der Waals surface area contributed by atoms with Gasteiger partial charge < -0.3 is 20.1 Å². The monoisotopic (exact) mass is 396 g/mol. The average molecular weight is 396 g/mol. The number of nitrogens with one attached hydrogen (secondary N) is 2. The van der Waals surface area contributed by atoms with E-state index in [1.807, 2.05) is 38.1 Å². The largest absolute Gasteiger partial charge is 0.481 e. The SMILES string of the molecule is CC[C@@H](Oc1ccc(C)cc1)C(=O)Nc1ccccc1C(=O)NC[C@@H]1CCCO1. The maximum Gasteiger partial charge on any atom is 0.265 e. The van der Waals surface area contributed by atoms with Crippen molar-refractivity contribution in [3.05, 3.63) is 59.7 Å². The van der Waals surface area contributed by atoms with Gasteiger partial charge in [-0.2, -0.15) is 0 Å². The van der Waals surface area contributed by atoms with Crippen molar-refractivity contribution in [3.8, 4) is 5.75 Å². The number of carbonyl (C=O) groups excluding carboxylic acids is 2. The zero-order chi connectivity index (χ0) is 20.6. The number of rotatable bonds is 8. The number of benzene rings is 2. The van der Waals surface area contributed by atoms with E-state index >= 15 is 0 Å². The van der Waals surface area contributed by atoms with Crippen molar-refractivity contribution in [2.45, 2.75) is 45.3 Å². The summed E-state index contributed by atoms with van der Waals surface area (Å²) in [6, 6.07) is 14.5. The van der Waals surface area contributed by atoms with E-state index in [2.05, 4.69) is 10.6 Å². The Morgan fingerprint density at radius 1 is 1.17 bits per heavy atom. The van der Waals surface area contributed by atoms with Crippen molar-refractivity contribution in [1.29, 1.82) is 0 Å². The van der Waals surface area contributed by atoms with E-state index in [-0.39, 0.29) is 17.9 Å². The summed E-state index contributed by atoms with van der Waals surface area (Å²) >= 11 is 0. The van der Waals surface area contributed by atoms with Gasteiger partial charge in [0.15, 0.2) is 6.10 Å². The van der Waals surface area contributed by atoms with Gasteiger partial charge in [0.2, 0.25) is 0 Å². The van der Waals surface area contributed by atoms with Gasteiger partial charge in [-0.1, -0.05) is 36.8 Å². The molecule has 29 heavy (non-hydrogen) atoms. The lowest BCUT2D eigenvalue weighted by Gasteiger charge is -2.19. The van der Waals surface area contributed by atoms with Crippen molar-refractivity contribution in [1.82, 2.24) is 5.32 Å². The maximum absolute atomic E-state index is 12.8. The van der Waals surface area contributed by atoms with E-state index in [9.17, 15) is 9.59 Å².